The second-order valence-electron chi connectivity index (χ2n) is 6.37. The summed E-state index contributed by atoms with van der Waals surface area (Å²) in [5.41, 5.74) is 2.89. The number of halogens is 1. The number of methoxy groups -OCH3 is 1. The topological polar surface area (TPSA) is 56.6 Å². The molecule has 0 radical (unpaired) electrons. The first-order valence-electron chi connectivity index (χ1n) is 8.71. The third-order valence-corrected chi connectivity index (χ3v) is 4.73. The van der Waals surface area contributed by atoms with Gasteiger partial charge in [0.25, 0.3) is 0 Å². The molecule has 1 aromatic carbocycles. The highest BCUT2D eigenvalue weighted by Gasteiger charge is 2.32. The van der Waals surface area contributed by atoms with Gasteiger partial charge in [-0.3, -0.25) is 4.79 Å². The predicted molar refractivity (Wildman–Crippen MR) is 94.8 cm³/mol. The number of benzene rings is 1. The lowest BCUT2D eigenvalue weighted by atomic mass is 10.0. The number of hydrogen-bond acceptors (Lipinski definition) is 4. The van der Waals surface area contributed by atoms with Gasteiger partial charge < -0.3 is 14.4 Å². The summed E-state index contributed by atoms with van der Waals surface area (Å²) in [6.45, 7) is 5.60. The molecule has 0 N–H and O–H groups in total. The van der Waals surface area contributed by atoms with Crippen LogP contribution in [0.2, 0.25) is 0 Å². The van der Waals surface area contributed by atoms with Crippen molar-refractivity contribution in [1.29, 1.82) is 0 Å². The molecule has 3 rings (SSSR count). The fourth-order valence-corrected chi connectivity index (χ4v) is 3.47. The Morgan fingerprint density at radius 2 is 2.15 bits per heavy atom. The van der Waals surface area contributed by atoms with Gasteiger partial charge in [0, 0.05) is 24.9 Å². The minimum absolute atomic E-state index is 0.0255. The third-order valence-electron chi connectivity index (χ3n) is 4.73. The molecule has 0 spiro atoms. The van der Waals surface area contributed by atoms with Crippen molar-refractivity contribution >= 4 is 5.91 Å². The van der Waals surface area contributed by atoms with E-state index in [0.29, 0.717) is 38.5 Å². The Morgan fingerprint density at radius 3 is 2.88 bits per heavy atom. The van der Waals surface area contributed by atoms with Crippen LogP contribution < -0.4 is 0 Å². The van der Waals surface area contributed by atoms with Gasteiger partial charge in [-0.2, -0.15) is 5.10 Å². The van der Waals surface area contributed by atoms with Crippen LogP contribution >= 0.6 is 0 Å². The van der Waals surface area contributed by atoms with E-state index in [0.717, 1.165) is 17.0 Å². The lowest BCUT2D eigenvalue weighted by molar-refractivity contribution is -0.141. The number of rotatable bonds is 5. The second kappa shape index (κ2) is 7.97. The second-order valence-corrected chi connectivity index (χ2v) is 6.37. The molecule has 7 heteroatoms. The summed E-state index contributed by atoms with van der Waals surface area (Å²) < 4.78 is 26.5. The van der Waals surface area contributed by atoms with Gasteiger partial charge in [0.05, 0.1) is 38.0 Å². The number of nitrogens with zero attached hydrogens (tertiary/aromatic N) is 3. The van der Waals surface area contributed by atoms with Crippen LogP contribution in [-0.2, 0) is 14.3 Å². The summed E-state index contributed by atoms with van der Waals surface area (Å²) in [6.07, 6.45) is 0.326. The van der Waals surface area contributed by atoms with Crippen molar-refractivity contribution in [3.63, 3.8) is 0 Å². The number of para-hydroxylation sites is 1. The predicted octanol–water partition coefficient (Wildman–Crippen LogP) is 2.56. The van der Waals surface area contributed by atoms with Crippen LogP contribution in [0.25, 0.3) is 5.69 Å². The van der Waals surface area contributed by atoms with E-state index < -0.39 is 0 Å². The maximum absolute atomic E-state index is 14.2. The molecule has 26 heavy (non-hydrogen) atoms. The van der Waals surface area contributed by atoms with E-state index in [4.69, 9.17) is 9.47 Å². The first kappa shape index (κ1) is 18.5. The number of morpholine rings is 1. The summed E-state index contributed by atoms with van der Waals surface area (Å²) in [4.78, 5) is 14.4. The molecule has 1 saturated heterocycles. The van der Waals surface area contributed by atoms with Crippen LogP contribution in [0.15, 0.2) is 24.3 Å². The number of aryl methyl sites for hydroxylation is 1. The van der Waals surface area contributed by atoms with Gasteiger partial charge in [0.2, 0.25) is 5.91 Å². The Labute approximate surface area is 152 Å². The van der Waals surface area contributed by atoms with Crippen molar-refractivity contribution in [2.24, 2.45) is 0 Å². The highest BCUT2D eigenvalue weighted by Crippen LogP contribution is 2.31. The maximum atomic E-state index is 14.2. The van der Waals surface area contributed by atoms with Crippen molar-refractivity contribution in [2.75, 3.05) is 33.5 Å². The van der Waals surface area contributed by atoms with Crippen molar-refractivity contribution < 1.29 is 18.7 Å². The van der Waals surface area contributed by atoms with E-state index in [1.807, 2.05) is 18.7 Å². The molecule has 140 valence electrons. The summed E-state index contributed by atoms with van der Waals surface area (Å²) in [6, 6.07) is 6.30. The molecule has 2 heterocycles. The number of ether oxygens (including phenoxy) is 2. The van der Waals surface area contributed by atoms with Crippen molar-refractivity contribution in [2.45, 2.75) is 26.3 Å². The summed E-state index contributed by atoms with van der Waals surface area (Å²) in [5.74, 6) is -0.310. The number of hydrogen-bond donors (Lipinski definition) is 0. The zero-order chi connectivity index (χ0) is 18.7. The molecule has 1 amide bonds. The van der Waals surface area contributed by atoms with Gasteiger partial charge in [0.1, 0.15) is 11.5 Å². The Kier molecular flexibility index (Phi) is 5.68. The number of carbonyl (C=O) groups excluding carboxylic acids is 1. The standard InChI is InChI=1S/C19H24FN3O3/c1-13-19(14(2)23(21-13)16-7-5-4-6-15(16)20)17-12-26-11-9-22(17)18(24)8-10-25-3/h4-7,17H,8-12H2,1-3H3. The summed E-state index contributed by atoms with van der Waals surface area (Å²) in [5, 5.41) is 4.53. The van der Waals surface area contributed by atoms with E-state index in [1.54, 1.807) is 30.0 Å². The molecular weight excluding hydrogens is 337 g/mol. The Balaban J connectivity index is 1.97. The van der Waals surface area contributed by atoms with Crippen LogP contribution in [0, 0.1) is 19.7 Å². The molecule has 0 bridgehead atoms. The fraction of sp³-hybridized carbons (Fsp3) is 0.474. The molecular formula is C19H24FN3O3. The zero-order valence-corrected chi connectivity index (χ0v) is 15.4. The Hall–Kier alpha value is -2.25. The van der Waals surface area contributed by atoms with Crippen molar-refractivity contribution in [3.8, 4) is 5.69 Å². The minimum atomic E-state index is -0.336. The highest BCUT2D eigenvalue weighted by atomic mass is 19.1. The van der Waals surface area contributed by atoms with Crippen LogP contribution in [0.4, 0.5) is 4.39 Å². The Morgan fingerprint density at radius 1 is 1.38 bits per heavy atom. The molecule has 0 aliphatic carbocycles. The van der Waals surface area contributed by atoms with Gasteiger partial charge in [-0.05, 0) is 26.0 Å². The van der Waals surface area contributed by atoms with Crippen LogP contribution in [0.1, 0.15) is 29.4 Å². The lowest BCUT2D eigenvalue weighted by Gasteiger charge is -2.36. The lowest BCUT2D eigenvalue weighted by Crippen LogP contribution is -2.44. The average Bonchev–Trinajstić information content (AvgIpc) is 2.94. The first-order valence-corrected chi connectivity index (χ1v) is 8.71. The summed E-state index contributed by atoms with van der Waals surface area (Å²) >= 11 is 0. The minimum Gasteiger partial charge on any atom is -0.384 e. The fourth-order valence-electron chi connectivity index (χ4n) is 3.47. The number of carbonyl (C=O) groups is 1. The third kappa shape index (κ3) is 3.50. The largest absolute Gasteiger partial charge is 0.384 e. The molecule has 1 atom stereocenters. The average molecular weight is 361 g/mol. The van der Waals surface area contributed by atoms with Crippen LogP contribution in [0.5, 0.6) is 0 Å². The SMILES string of the molecule is COCCC(=O)N1CCOCC1c1c(C)nn(-c2ccccc2F)c1C. The van der Waals surface area contributed by atoms with Gasteiger partial charge in [-0.15, -0.1) is 0 Å². The molecule has 2 aromatic rings. The monoisotopic (exact) mass is 361 g/mol. The number of aromatic nitrogens is 2. The first-order chi connectivity index (χ1) is 12.5. The molecule has 1 aliphatic heterocycles. The highest BCUT2D eigenvalue weighted by molar-refractivity contribution is 5.77. The van der Waals surface area contributed by atoms with E-state index >= 15 is 0 Å². The van der Waals surface area contributed by atoms with Crippen molar-refractivity contribution in [1.82, 2.24) is 14.7 Å². The van der Waals surface area contributed by atoms with Crippen molar-refractivity contribution in [3.05, 3.63) is 47.0 Å². The van der Waals surface area contributed by atoms with Gasteiger partial charge in [-0.1, -0.05) is 12.1 Å². The van der Waals surface area contributed by atoms with Crippen LogP contribution in [0.3, 0.4) is 0 Å². The quantitative estimate of drug-likeness (QED) is 0.821. The van der Waals surface area contributed by atoms with Gasteiger partial charge in [0.15, 0.2) is 0 Å². The van der Waals surface area contributed by atoms with E-state index in [2.05, 4.69) is 5.10 Å². The van der Waals surface area contributed by atoms with E-state index in [-0.39, 0.29) is 17.8 Å². The van der Waals surface area contributed by atoms with Gasteiger partial charge >= 0.3 is 0 Å². The number of amides is 1. The summed E-state index contributed by atoms with van der Waals surface area (Å²) in [7, 11) is 1.58. The van der Waals surface area contributed by atoms with Crippen LogP contribution in [-0.4, -0.2) is 54.1 Å². The molecule has 1 aromatic heterocycles. The molecule has 1 aliphatic rings. The maximum Gasteiger partial charge on any atom is 0.225 e. The van der Waals surface area contributed by atoms with Gasteiger partial charge in [-0.25, -0.2) is 9.07 Å². The van der Waals surface area contributed by atoms with E-state index in [9.17, 15) is 9.18 Å². The smallest absolute Gasteiger partial charge is 0.225 e. The van der Waals surface area contributed by atoms with E-state index in [1.165, 1.54) is 6.07 Å². The molecule has 1 fully saturated rings. The molecule has 0 saturated carbocycles. The molecule has 1 unspecified atom stereocenters. The molecule has 6 nitrogen and oxygen atoms in total. The Bertz CT molecular complexity index is 790. The zero-order valence-electron chi connectivity index (χ0n) is 15.4. The normalized spacial score (nSPS) is 17.5.